The molecule has 1 aromatic carbocycles. The second kappa shape index (κ2) is 5.01. The number of carbonyl (C=O) groups is 1. The lowest BCUT2D eigenvalue weighted by molar-refractivity contribution is -0.139. The van der Waals surface area contributed by atoms with Gasteiger partial charge in [-0.1, -0.05) is 25.0 Å². The van der Waals surface area contributed by atoms with E-state index in [1.807, 2.05) is 24.3 Å². The van der Waals surface area contributed by atoms with Gasteiger partial charge in [0.15, 0.2) is 6.61 Å². The Labute approximate surface area is 95.0 Å². The third-order valence-corrected chi connectivity index (χ3v) is 3.07. The number of hydrogen-bond donors (Lipinski definition) is 1. The molecular formula is C13H16O3. The van der Waals surface area contributed by atoms with Crippen molar-refractivity contribution in [2.75, 3.05) is 6.61 Å². The monoisotopic (exact) mass is 220 g/mol. The molecule has 0 amide bonds. The van der Waals surface area contributed by atoms with Gasteiger partial charge < -0.3 is 9.84 Å². The minimum atomic E-state index is -0.945. The molecule has 0 bridgehead atoms. The van der Waals surface area contributed by atoms with E-state index < -0.39 is 5.97 Å². The zero-order chi connectivity index (χ0) is 11.4. The Morgan fingerprint density at radius 3 is 2.44 bits per heavy atom. The van der Waals surface area contributed by atoms with E-state index in [9.17, 15) is 4.79 Å². The molecule has 0 radical (unpaired) electrons. The minimum absolute atomic E-state index is 0.275. The zero-order valence-electron chi connectivity index (χ0n) is 9.19. The Kier molecular flexibility index (Phi) is 3.44. The molecule has 1 aliphatic carbocycles. The van der Waals surface area contributed by atoms with E-state index in [4.69, 9.17) is 9.84 Å². The lowest BCUT2D eigenvalue weighted by Gasteiger charge is -2.10. The molecule has 3 nitrogen and oxygen atoms in total. The van der Waals surface area contributed by atoms with Crippen LogP contribution in [0.2, 0.25) is 0 Å². The number of carboxylic acids is 1. The van der Waals surface area contributed by atoms with E-state index in [0.717, 1.165) is 0 Å². The summed E-state index contributed by atoms with van der Waals surface area (Å²) in [5.74, 6) is 0.373. The van der Waals surface area contributed by atoms with Gasteiger partial charge >= 0.3 is 5.97 Å². The van der Waals surface area contributed by atoms with Crippen molar-refractivity contribution in [1.29, 1.82) is 0 Å². The summed E-state index contributed by atoms with van der Waals surface area (Å²) in [5, 5.41) is 8.48. The summed E-state index contributed by atoms with van der Waals surface area (Å²) in [7, 11) is 0. The third-order valence-electron chi connectivity index (χ3n) is 3.07. The summed E-state index contributed by atoms with van der Waals surface area (Å²) in [4.78, 5) is 10.3. The molecule has 0 aliphatic heterocycles. The fraction of sp³-hybridized carbons (Fsp3) is 0.462. The van der Waals surface area contributed by atoms with E-state index in [1.165, 1.54) is 31.2 Å². The van der Waals surface area contributed by atoms with Crippen LogP contribution in [0.3, 0.4) is 0 Å². The Morgan fingerprint density at radius 2 is 1.88 bits per heavy atom. The van der Waals surface area contributed by atoms with Gasteiger partial charge in [-0.25, -0.2) is 4.79 Å². The molecule has 2 rings (SSSR count). The first-order chi connectivity index (χ1) is 7.75. The van der Waals surface area contributed by atoms with Crippen LogP contribution >= 0.6 is 0 Å². The van der Waals surface area contributed by atoms with E-state index in [2.05, 4.69) is 0 Å². The van der Waals surface area contributed by atoms with Gasteiger partial charge in [0.25, 0.3) is 0 Å². The number of benzene rings is 1. The Morgan fingerprint density at radius 1 is 1.25 bits per heavy atom. The van der Waals surface area contributed by atoms with Crippen molar-refractivity contribution in [2.45, 2.75) is 31.6 Å². The second-order valence-electron chi connectivity index (χ2n) is 4.23. The Balaban J connectivity index is 1.95. The zero-order valence-corrected chi connectivity index (χ0v) is 9.19. The van der Waals surface area contributed by atoms with Crippen molar-refractivity contribution in [3.05, 3.63) is 29.8 Å². The maximum absolute atomic E-state index is 10.3. The predicted octanol–water partition coefficient (Wildman–Crippen LogP) is 2.81. The predicted molar refractivity (Wildman–Crippen MR) is 60.8 cm³/mol. The highest BCUT2D eigenvalue weighted by atomic mass is 16.5. The fourth-order valence-electron chi connectivity index (χ4n) is 2.24. The van der Waals surface area contributed by atoms with Crippen LogP contribution in [-0.2, 0) is 4.79 Å². The molecule has 16 heavy (non-hydrogen) atoms. The lowest BCUT2D eigenvalue weighted by Crippen LogP contribution is -2.09. The molecule has 0 unspecified atom stereocenters. The number of aliphatic carboxylic acids is 1. The van der Waals surface area contributed by atoms with Crippen LogP contribution in [-0.4, -0.2) is 17.7 Å². The third kappa shape index (κ3) is 2.75. The normalized spacial score (nSPS) is 16.2. The van der Waals surface area contributed by atoms with Crippen molar-refractivity contribution in [3.63, 3.8) is 0 Å². The van der Waals surface area contributed by atoms with Crippen LogP contribution in [0.4, 0.5) is 0 Å². The van der Waals surface area contributed by atoms with Crippen molar-refractivity contribution in [2.24, 2.45) is 0 Å². The maximum atomic E-state index is 10.3. The summed E-state index contributed by atoms with van der Waals surface area (Å²) >= 11 is 0. The van der Waals surface area contributed by atoms with Gasteiger partial charge in [0.2, 0.25) is 0 Å². The minimum Gasteiger partial charge on any atom is -0.482 e. The average molecular weight is 220 g/mol. The number of carboxylic acid groups (broad SMARTS) is 1. The topological polar surface area (TPSA) is 46.5 Å². The molecule has 0 atom stereocenters. The summed E-state index contributed by atoms with van der Waals surface area (Å²) in [6, 6.07) is 7.81. The van der Waals surface area contributed by atoms with Crippen molar-refractivity contribution >= 4 is 5.97 Å². The van der Waals surface area contributed by atoms with Crippen LogP contribution in [0.5, 0.6) is 5.75 Å². The summed E-state index contributed by atoms with van der Waals surface area (Å²) < 4.78 is 5.09. The van der Waals surface area contributed by atoms with Gasteiger partial charge in [-0.15, -0.1) is 0 Å². The van der Waals surface area contributed by atoms with Crippen LogP contribution < -0.4 is 4.74 Å². The standard InChI is InChI=1S/C13H16O3/c14-13(15)9-16-12-7-5-11(6-8-12)10-3-1-2-4-10/h5-8,10H,1-4,9H2,(H,14,15). The first-order valence-corrected chi connectivity index (χ1v) is 5.70. The Hall–Kier alpha value is -1.51. The molecule has 0 spiro atoms. The van der Waals surface area contributed by atoms with Gasteiger partial charge in [-0.2, -0.15) is 0 Å². The SMILES string of the molecule is O=C(O)COc1ccc(C2CCCC2)cc1. The molecule has 1 saturated carbocycles. The fourth-order valence-corrected chi connectivity index (χ4v) is 2.24. The molecule has 0 saturated heterocycles. The van der Waals surface area contributed by atoms with Crippen molar-refractivity contribution in [3.8, 4) is 5.75 Å². The highest BCUT2D eigenvalue weighted by Gasteiger charge is 2.16. The molecule has 1 aliphatic rings. The molecule has 1 N–H and O–H groups in total. The van der Waals surface area contributed by atoms with Gasteiger partial charge in [0.1, 0.15) is 5.75 Å². The van der Waals surface area contributed by atoms with Crippen molar-refractivity contribution < 1.29 is 14.6 Å². The van der Waals surface area contributed by atoms with E-state index in [0.29, 0.717) is 11.7 Å². The largest absolute Gasteiger partial charge is 0.482 e. The van der Waals surface area contributed by atoms with Gasteiger partial charge in [-0.3, -0.25) is 0 Å². The number of hydrogen-bond acceptors (Lipinski definition) is 2. The number of rotatable bonds is 4. The molecule has 3 heteroatoms. The number of ether oxygens (including phenoxy) is 1. The van der Waals surface area contributed by atoms with E-state index in [1.54, 1.807) is 0 Å². The van der Waals surface area contributed by atoms with Crippen LogP contribution in [0.15, 0.2) is 24.3 Å². The highest BCUT2D eigenvalue weighted by Crippen LogP contribution is 2.34. The molecule has 1 fully saturated rings. The maximum Gasteiger partial charge on any atom is 0.341 e. The molecular weight excluding hydrogens is 204 g/mol. The second-order valence-corrected chi connectivity index (χ2v) is 4.23. The summed E-state index contributed by atoms with van der Waals surface area (Å²) in [6.07, 6.45) is 5.19. The average Bonchev–Trinajstić information content (AvgIpc) is 2.80. The van der Waals surface area contributed by atoms with Crippen LogP contribution in [0.1, 0.15) is 37.2 Å². The summed E-state index contributed by atoms with van der Waals surface area (Å²) in [6.45, 7) is -0.275. The Bertz CT molecular complexity index is 350. The lowest BCUT2D eigenvalue weighted by atomic mass is 9.98. The smallest absolute Gasteiger partial charge is 0.341 e. The first kappa shape index (κ1) is 11.0. The van der Waals surface area contributed by atoms with E-state index in [-0.39, 0.29) is 6.61 Å². The highest BCUT2D eigenvalue weighted by molar-refractivity contribution is 5.68. The van der Waals surface area contributed by atoms with E-state index >= 15 is 0 Å². The van der Waals surface area contributed by atoms with Gasteiger partial charge in [-0.05, 0) is 36.5 Å². The molecule has 1 aromatic rings. The van der Waals surface area contributed by atoms with Crippen LogP contribution in [0, 0.1) is 0 Å². The van der Waals surface area contributed by atoms with Crippen LogP contribution in [0.25, 0.3) is 0 Å². The first-order valence-electron chi connectivity index (χ1n) is 5.70. The summed E-state index contributed by atoms with van der Waals surface area (Å²) in [5.41, 5.74) is 1.35. The quantitative estimate of drug-likeness (QED) is 0.848. The van der Waals surface area contributed by atoms with Crippen molar-refractivity contribution in [1.82, 2.24) is 0 Å². The molecule has 0 aromatic heterocycles. The molecule has 86 valence electrons. The van der Waals surface area contributed by atoms with Gasteiger partial charge in [0.05, 0.1) is 0 Å². The molecule has 0 heterocycles. The van der Waals surface area contributed by atoms with Gasteiger partial charge in [0, 0.05) is 0 Å².